The largest absolute Gasteiger partial charge is 0.481 e. The highest BCUT2D eigenvalue weighted by atomic mass is 35.5. The molecule has 1 saturated heterocycles. The van der Waals surface area contributed by atoms with Crippen LogP contribution < -0.4 is 9.64 Å². The van der Waals surface area contributed by atoms with Crippen LogP contribution in [0.15, 0.2) is 12.1 Å². The van der Waals surface area contributed by atoms with Gasteiger partial charge in [-0.1, -0.05) is 18.0 Å². The topological polar surface area (TPSA) is 49.9 Å². The van der Waals surface area contributed by atoms with E-state index in [0.717, 1.165) is 19.6 Å². The number of carbonyl (C=O) groups excluding carboxylic acids is 2. The van der Waals surface area contributed by atoms with Crippen LogP contribution in [0.4, 0.5) is 5.69 Å². The molecule has 3 rings (SSSR count). The molecule has 0 spiro atoms. The van der Waals surface area contributed by atoms with Crippen molar-refractivity contribution < 1.29 is 14.3 Å². The molecule has 0 bridgehead atoms. The van der Waals surface area contributed by atoms with Gasteiger partial charge in [-0.15, -0.1) is 12.4 Å². The second-order valence-electron chi connectivity index (χ2n) is 6.09. The number of benzene rings is 1. The fourth-order valence-electron chi connectivity index (χ4n) is 3.21. The van der Waals surface area contributed by atoms with Crippen LogP contribution in [0.5, 0.6) is 5.75 Å². The summed E-state index contributed by atoms with van der Waals surface area (Å²) in [4.78, 5) is 28.2. The Morgan fingerprint density at radius 1 is 1.21 bits per heavy atom. The molecule has 0 atom stereocenters. The van der Waals surface area contributed by atoms with Crippen molar-refractivity contribution in [3.05, 3.63) is 22.7 Å². The highest BCUT2D eigenvalue weighted by molar-refractivity contribution is 6.31. The minimum Gasteiger partial charge on any atom is -0.481 e. The number of likely N-dealkylation sites (tertiary alicyclic amines) is 1. The minimum absolute atomic E-state index is 0. The van der Waals surface area contributed by atoms with Crippen molar-refractivity contribution in [2.45, 2.75) is 26.2 Å². The summed E-state index contributed by atoms with van der Waals surface area (Å²) in [5, 5.41) is 0.440. The lowest BCUT2D eigenvalue weighted by Crippen LogP contribution is -2.44. The second kappa shape index (κ2) is 8.19. The first kappa shape index (κ1) is 19.0. The minimum atomic E-state index is -0.117. The third-order valence-electron chi connectivity index (χ3n) is 4.43. The fraction of sp³-hybridized carbons (Fsp3) is 0.529. The van der Waals surface area contributed by atoms with E-state index in [9.17, 15) is 9.59 Å². The molecule has 132 valence electrons. The quantitative estimate of drug-likeness (QED) is 0.761. The van der Waals surface area contributed by atoms with Crippen LogP contribution in [0, 0.1) is 0 Å². The number of ketones is 1. The van der Waals surface area contributed by atoms with E-state index >= 15 is 0 Å². The van der Waals surface area contributed by atoms with Crippen molar-refractivity contribution in [2.24, 2.45) is 0 Å². The predicted molar refractivity (Wildman–Crippen MR) is 96.8 cm³/mol. The summed E-state index contributed by atoms with van der Waals surface area (Å²) in [5.41, 5.74) is 1.04. The van der Waals surface area contributed by atoms with Gasteiger partial charge in [-0.2, -0.15) is 0 Å². The lowest BCUT2D eigenvalue weighted by Gasteiger charge is -2.33. The van der Waals surface area contributed by atoms with Crippen molar-refractivity contribution >= 4 is 41.4 Å². The van der Waals surface area contributed by atoms with Crippen LogP contribution >= 0.6 is 24.0 Å². The third-order valence-corrected chi connectivity index (χ3v) is 4.65. The first-order chi connectivity index (χ1) is 11.1. The van der Waals surface area contributed by atoms with E-state index in [4.69, 9.17) is 16.3 Å². The average Bonchev–Trinajstić information content (AvgIpc) is 2.54. The number of fused-ring (bicyclic) bond motifs is 1. The zero-order chi connectivity index (χ0) is 16.4. The van der Waals surface area contributed by atoms with Crippen molar-refractivity contribution in [1.82, 2.24) is 4.90 Å². The van der Waals surface area contributed by atoms with Gasteiger partial charge in [0.1, 0.15) is 0 Å². The Bertz CT molecular complexity index is 631. The maximum atomic E-state index is 12.3. The average molecular weight is 373 g/mol. The zero-order valence-electron chi connectivity index (χ0n) is 13.7. The van der Waals surface area contributed by atoms with Crippen molar-refractivity contribution in [2.75, 3.05) is 37.7 Å². The van der Waals surface area contributed by atoms with E-state index in [0.29, 0.717) is 28.6 Å². The van der Waals surface area contributed by atoms with Crippen LogP contribution in [0.2, 0.25) is 5.02 Å². The van der Waals surface area contributed by atoms with E-state index in [1.165, 1.54) is 26.2 Å². The maximum Gasteiger partial charge on any atom is 0.265 e. The number of carbonyl (C=O) groups is 2. The van der Waals surface area contributed by atoms with Gasteiger partial charge in [0.15, 0.2) is 18.1 Å². The number of anilines is 1. The molecule has 24 heavy (non-hydrogen) atoms. The van der Waals surface area contributed by atoms with Crippen LogP contribution in [0.1, 0.15) is 36.5 Å². The highest BCUT2D eigenvalue weighted by Gasteiger charge is 2.29. The van der Waals surface area contributed by atoms with Crippen LogP contribution in [-0.4, -0.2) is 49.4 Å². The number of rotatable bonds is 4. The Labute approximate surface area is 153 Å². The molecule has 1 aromatic rings. The van der Waals surface area contributed by atoms with E-state index in [2.05, 4.69) is 4.90 Å². The number of Topliss-reactive ketones (excluding diaryl/α,β-unsaturated/α-hetero) is 1. The molecule has 1 aromatic carbocycles. The molecule has 0 unspecified atom stereocenters. The number of piperidine rings is 1. The fourth-order valence-corrected chi connectivity index (χ4v) is 3.42. The smallest absolute Gasteiger partial charge is 0.265 e. The van der Waals surface area contributed by atoms with E-state index in [-0.39, 0.29) is 30.7 Å². The van der Waals surface area contributed by atoms with Gasteiger partial charge in [0, 0.05) is 18.1 Å². The van der Waals surface area contributed by atoms with Gasteiger partial charge < -0.3 is 14.5 Å². The van der Waals surface area contributed by atoms with Gasteiger partial charge >= 0.3 is 0 Å². The van der Waals surface area contributed by atoms with Gasteiger partial charge in [0.05, 0.1) is 11.3 Å². The number of hydrogen-bond acceptors (Lipinski definition) is 4. The first-order valence-corrected chi connectivity index (χ1v) is 8.44. The Hall–Kier alpha value is -1.30. The first-order valence-electron chi connectivity index (χ1n) is 8.06. The normalized spacial score (nSPS) is 17.8. The molecule has 1 amide bonds. The second-order valence-corrected chi connectivity index (χ2v) is 6.53. The third kappa shape index (κ3) is 4.02. The van der Waals surface area contributed by atoms with Gasteiger partial charge in [-0.25, -0.2) is 0 Å². The molecular weight excluding hydrogens is 351 g/mol. The summed E-state index contributed by atoms with van der Waals surface area (Å²) in [6.07, 6.45) is 3.72. The Kier molecular flexibility index (Phi) is 6.49. The van der Waals surface area contributed by atoms with Crippen molar-refractivity contribution in [1.29, 1.82) is 0 Å². The van der Waals surface area contributed by atoms with Crippen LogP contribution in [-0.2, 0) is 4.79 Å². The summed E-state index contributed by atoms with van der Waals surface area (Å²) in [5.74, 6) is 0.264. The van der Waals surface area contributed by atoms with Crippen molar-refractivity contribution in [3.8, 4) is 5.75 Å². The SMILES string of the molecule is CC(=O)c1cc(Cl)cc2c1OCC(=O)N2CCN1CCCCC1.Cl. The number of halogens is 2. The summed E-state index contributed by atoms with van der Waals surface area (Å²) in [6, 6.07) is 3.30. The van der Waals surface area contributed by atoms with Crippen LogP contribution in [0.3, 0.4) is 0 Å². The Balaban J connectivity index is 0.00000208. The predicted octanol–water partition coefficient (Wildman–Crippen LogP) is 3.18. The molecule has 0 aliphatic carbocycles. The molecule has 0 N–H and O–H groups in total. The molecule has 5 nitrogen and oxygen atoms in total. The number of ether oxygens (including phenoxy) is 1. The number of amides is 1. The molecule has 7 heteroatoms. The van der Waals surface area contributed by atoms with Gasteiger partial charge in [-0.05, 0) is 45.0 Å². The Morgan fingerprint density at radius 3 is 2.58 bits per heavy atom. The molecule has 2 aliphatic rings. The number of nitrogens with zero attached hydrogens (tertiary/aromatic N) is 2. The van der Waals surface area contributed by atoms with Crippen molar-refractivity contribution in [3.63, 3.8) is 0 Å². The van der Waals surface area contributed by atoms with Gasteiger partial charge in [0.2, 0.25) is 0 Å². The molecule has 0 aromatic heterocycles. The summed E-state index contributed by atoms with van der Waals surface area (Å²) in [7, 11) is 0. The molecule has 2 heterocycles. The molecule has 2 aliphatic heterocycles. The molecular formula is C17H22Cl2N2O3. The lowest BCUT2D eigenvalue weighted by atomic mass is 10.1. The standard InChI is InChI=1S/C17H21ClN2O3.ClH/c1-12(21)14-9-13(18)10-15-17(14)23-11-16(22)20(15)8-7-19-5-3-2-4-6-19;/h9-10H,2-8,11H2,1H3;1H. The molecule has 0 radical (unpaired) electrons. The van der Waals surface area contributed by atoms with E-state index in [1.54, 1.807) is 17.0 Å². The maximum absolute atomic E-state index is 12.3. The van der Waals surface area contributed by atoms with E-state index < -0.39 is 0 Å². The molecule has 1 fully saturated rings. The summed E-state index contributed by atoms with van der Waals surface area (Å²) < 4.78 is 5.52. The van der Waals surface area contributed by atoms with E-state index in [1.807, 2.05) is 0 Å². The highest BCUT2D eigenvalue weighted by Crippen LogP contribution is 2.38. The van der Waals surface area contributed by atoms with Gasteiger partial charge in [-0.3, -0.25) is 9.59 Å². The number of hydrogen-bond donors (Lipinski definition) is 0. The summed E-state index contributed by atoms with van der Waals surface area (Å²) >= 11 is 6.13. The Morgan fingerprint density at radius 2 is 1.92 bits per heavy atom. The lowest BCUT2D eigenvalue weighted by molar-refractivity contribution is -0.121. The zero-order valence-corrected chi connectivity index (χ0v) is 15.3. The van der Waals surface area contributed by atoms with Crippen LogP contribution in [0.25, 0.3) is 0 Å². The van der Waals surface area contributed by atoms with Gasteiger partial charge in [0.25, 0.3) is 5.91 Å². The molecule has 0 saturated carbocycles. The monoisotopic (exact) mass is 372 g/mol. The summed E-state index contributed by atoms with van der Waals surface area (Å²) in [6.45, 7) is 5.03.